The minimum absolute atomic E-state index is 0.301. The molecule has 0 aliphatic rings. The largest absolute Gasteiger partial charge is 0.449 e. The zero-order valence-electron chi connectivity index (χ0n) is 17.0. The maximum Gasteiger partial charge on any atom is 0.331 e. The van der Waals surface area contributed by atoms with E-state index in [4.69, 9.17) is 39.5 Å². The molecule has 1 aromatic heterocycles. The molecule has 0 fully saturated rings. The van der Waals surface area contributed by atoms with Gasteiger partial charge in [-0.05, 0) is 44.5 Å². The van der Waals surface area contributed by atoms with Gasteiger partial charge < -0.3 is 10.1 Å². The van der Waals surface area contributed by atoms with Crippen LogP contribution < -0.4 is 10.6 Å². The first-order valence-corrected chi connectivity index (χ1v) is 10.4. The number of halogens is 3. The van der Waals surface area contributed by atoms with Crippen molar-refractivity contribution in [3.05, 3.63) is 56.3 Å². The van der Waals surface area contributed by atoms with Crippen LogP contribution in [0.15, 0.2) is 24.3 Å². The van der Waals surface area contributed by atoms with Gasteiger partial charge in [-0.2, -0.15) is 5.10 Å². The van der Waals surface area contributed by atoms with E-state index in [2.05, 4.69) is 15.7 Å². The van der Waals surface area contributed by atoms with E-state index in [-0.39, 0.29) is 0 Å². The molecule has 11 heteroatoms. The van der Waals surface area contributed by atoms with Crippen LogP contribution in [0, 0.1) is 6.92 Å². The maximum atomic E-state index is 12.0. The number of hydrogen-bond acceptors (Lipinski definition) is 5. The van der Waals surface area contributed by atoms with Crippen LogP contribution in [-0.2, 0) is 20.9 Å². The number of aromatic nitrogens is 2. The first-order valence-electron chi connectivity index (χ1n) is 9.26. The highest BCUT2D eigenvalue weighted by Crippen LogP contribution is 2.26. The Morgan fingerprint density at radius 2 is 1.97 bits per heavy atom. The molecule has 0 radical (unpaired) electrons. The summed E-state index contributed by atoms with van der Waals surface area (Å²) in [6, 6.07) is 4.45. The molecule has 0 aliphatic heterocycles. The predicted octanol–water partition coefficient (Wildman–Crippen LogP) is 3.99. The van der Waals surface area contributed by atoms with E-state index in [1.54, 1.807) is 36.7 Å². The average molecular weight is 488 g/mol. The van der Waals surface area contributed by atoms with Crippen molar-refractivity contribution in [2.24, 2.45) is 0 Å². The minimum Gasteiger partial charge on any atom is -0.449 e. The number of nitrogens with one attached hydrogen (secondary N) is 2. The molecule has 0 spiro atoms. The van der Waals surface area contributed by atoms with Crippen LogP contribution in [0.5, 0.6) is 0 Å². The number of benzene rings is 1. The zero-order chi connectivity index (χ0) is 23.1. The quantitative estimate of drug-likeness (QED) is 0.454. The van der Waals surface area contributed by atoms with Gasteiger partial charge in [0.15, 0.2) is 6.10 Å². The summed E-state index contributed by atoms with van der Waals surface area (Å²) in [5, 5.41) is 10.1. The molecule has 1 atom stereocenters. The second kappa shape index (κ2) is 11.2. The smallest absolute Gasteiger partial charge is 0.331 e. The average Bonchev–Trinajstić information content (AvgIpc) is 2.95. The predicted molar refractivity (Wildman–Crippen MR) is 119 cm³/mol. The van der Waals surface area contributed by atoms with Crippen molar-refractivity contribution >= 4 is 58.8 Å². The molecule has 8 nitrogen and oxygen atoms in total. The summed E-state index contributed by atoms with van der Waals surface area (Å²) in [5.41, 5.74) is 1.88. The SMILES string of the molecule is CCNC(=O)NC(=O)C(C)OC(=O)/C=C/c1c(C)nn(Cc2ccc(Cl)cc2Cl)c1Cl. The van der Waals surface area contributed by atoms with Crippen molar-refractivity contribution in [2.75, 3.05) is 6.54 Å². The standard InChI is InChI=1S/C20H21Cl3N4O4/c1-4-24-20(30)25-19(29)12(3)31-17(28)8-7-15-11(2)26-27(18(15)23)10-13-5-6-14(21)9-16(13)22/h5-9,12H,4,10H2,1-3H3,(H2,24,25,29,30)/b8-7+. The molecular weight excluding hydrogens is 467 g/mol. The van der Waals surface area contributed by atoms with Crippen molar-refractivity contribution in [2.45, 2.75) is 33.4 Å². The molecule has 2 aromatic rings. The number of imide groups is 1. The lowest BCUT2D eigenvalue weighted by molar-refractivity contribution is -0.149. The second-order valence-electron chi connectivity index (χ2n) is 6.44. The Balaban J connectivity index is 2.04. The first kappa shape index (κ1) is 24.7. The van der Waals surface area contributed by atoms with Gasteiger partial charge in [-0.25, -0.2) is 14.3 Å². The zero-order valence-corrected chi connectivity index (χ0v) is 19.3. The van der Waals surface area contributed by atoms with Gasteiger partial charge in [0.05, 0.1) is 12.2 Å². The van der Waals surface area contributed by atoms with Crippen LogP contribution in [0.3, 0.4) is 0 Å². The van der Waals surface area contributed by atoms with E-state index < -0.39 is 24.0 Å². The summed E-state index contributed by atoms with van der Waals surface area (Å²) in [6.45, 7) is 5.46. The summed E-state index contributed by atoms with van der Waals surface area (Å²) in [5.74, 6) is -1.52. The molecule has 2 N–H and O–H groups in total. The van der Waals surface area contributed by atoms with Crippen LogP contribution in [-0.4, -0.2) is 40.3 Å². The fourth-order valence-electron chi connectivity index (χ4n) is 2.51. The summed E-state index contributed by atoms with van der Waals surface area (Å²) >= 11 is 18.5. The molecule has 0 aliphatic carbocycles. The molecule has 1 heterocycles. The molecule has 1 aromatic carbocycles. The minimum atomic E-state index is -1.16. The highest BCUT2D eigenvalue weighted by molar-refractivity contribution is 6.35. The van der Waals surface area contributed by atoms with E-state index in [0.29, 0.717) is 39.5 Å². The summed E-state index contributed by atoms with van der Waals surface area (Å²) in [6.07, 6.45) is 1.42. The second-order valence-corrected chi connectivity index (χ2v) is 7.65. The third kappa shape index (κ3) is 6.99. The number of ether oxygens (including phenoxy) is 1. The Morgan fingerprint density at radius 1 is 1.26 bits per heavy atom. The van der Waals surface area contributed by atoms with Gasteiger partial charge in [0.2, 0.25) is 0 Å². The van der Waals surface area contributed by atoms with Crippen LogP contribution in [0.25, 0.3) is 6.08 Å². The van der Waals surface area contributed by atoms with Crippen LogP contribution in [0.2, 0.25) is 15.2 Å². The summed E-state index contributed by atoms with van der Waals surface area (Å²) in [7, 11) is 0. The van der Waals surface area contributed by atoms with Gasteiger partial charge in [-0.15, -0.1) is 0 Å². The number of amides is 3. The number of nitrogens with zero attached hydrogens (tertiary/aromatic N) is 2. The molecule has 1 unspecified atom stereocenters. The van der Waals surface area contributed by atoms with Gasteiger partial charge in [0.25, 0.3) is 5.91 Å². The lowest BCUT2D eigenvalue weighted by Crippen LogP contribution is -2.44. The van der Waals surface area contributed by atoms with Crippen LogP contribution >= 0.6 is 34.8 Å². The fraction of sp³-hybridized carbons (Fsp3) is 0.300. The van der Waals surface area contributed by atoms with Crippen molar-refractivity contribution < 1.29 is 19.1 Å². The summed E-state index contributed by atoms with van der Waals surface area (Å²) < 4.78 is 6.55. The van der Waals surface area contributed by atoms with Gasteiger partial charge in [-0.1, -0.05) is 40.9 Å². The van der Waals surface area contributed by atoms with Crippen molar-refractivity contribution in [3.63, 3.8) is 0 Å². The summed E-state index contributed by atoms with van der Waals surface area (Å²) in [4.78, 5) is 35.3. The van der Waals surface area contributed by atoms with Crippen LogP contribution in [0.1, 0.15) is 30.7 Å². The molecular formula is C20H21Cl3N4O4. The highest BCUT2D eigenvalue weighted by atomic mass is 35.5. The van der Waals surface area contributed by atoms with Crippen molar-refractivity contribution in [1.82, 2.24) is 20.4 Å². The van der Waals surface area contributed by atoms with E-state index in [1.165, 1.54) is 13.0 Å². The number of hydrogen-bond donors (Lipinski definition) is 2. The third-order valence-corrected chi connectivity index (χ3v) is 5.05. The Kier molecular flexibility index (Phi) is 8.91. The van der Waals surface area contributed by atoms with Crippen molar-refractivity contribution in [1.29, 1.82) is 0 Å². The molecule has 166 valence electrons. The van der Waals surface area contributed by atoms with Gasteiger partial charge in [0, 0.05) is 28.2 Å². The first-order chi connectivity index (χ1) is 14.6. The van der Waals surface area contributed by atoms with E-state index in [0.717, 1.165) is 11.6 Å². The number of aryl methyl sites for hydroxylation is 1. The molecule has 2 rings (SSSR count). The number of carbonyl (C=O) groups is 3. The normalized spacial score (nSPS) is 11.9. The van der Waals surface area contributed by atoms with E-state index >= 15 is 0 Å². The Hall–Kier alpha value is -2.55. The fourth-order valence-corrected chi connectivity index (χ4v) is 3.27. The number of urea groups is 1. The molecule has 0 saturated carbocycles. The lowest BCUT2D eigenvalue weighted by atomic mass is 10.2. The Bertz CT molecular complexity index is 1020. The van der Waals surface area contributed by atoms with Gasteiger partial charge >= 0.3 is 12.0 Å². The monoisotopic (exact) mass is 486 g/mol. The number of rotatable bonds is 7. The maximum absolute atomic E-state index is 12.0. The third-order valence-electron chi connectivity index (χ3n) is 4.07. The van der Waals surface area contributed by atoms with E-state index in [1.807, 2.05) is 0 Å². The van der Waals surface area contributed by atoms with Crippen molar-refractivity contribution in [3.8, 4) is 0 Å². The lowest BCUT2D eigenvalue weighted by Gasteiger charge is -2.11. The van der Waals surface area contributed by atoms with Crippen LogP contribution in [0.4, 0.5) is 4.79 Å². The highest BCUT2D eigenvalue weighted by Gasteiger charge is 2.19. The molecule has 3 amide bonds. The topological polar surface area (TPSA) is 102 Å². The number of carbonyl (C=O) groups excluding carboxylic acids is 3. The van der Waals surface area contributed by atoms with E-state index in [9.17, 15) is 14.4 Å². The molecule has 0 bridgehead atoms. The molecule has 31 heavy (non-hydrogen) atoms. The Labute approximate surface area is 194 Å². The van der Waals surface area contributed by atoms with Gasteiger partial charge in [0.1, 0.15) is 5.15 Å². The molecule has 0 saturated heterocycles. The number of esters is 1. The van der Waals surface area contributed by atoms with Gasteiger partial charge in [-0.3, -0.25) is 10.1 Å². The Morgan fingerprint density at radius 3 is 2.61 bits per heavy atom.